The summed E-state index contributed by atoms with van der Waals surface area (Å²) in [6, 6.07) is 10.4. The minimum absolute atomic E-state index is 1.02. The van der Waals surface area contributed by atoms with Gasteiger partial charge in [0.05, 0.1) is 5.69 Å². The number of nitrogens with one attached hydrogen (secondary N) is 1. The van der Waals surface area contributed by atoms with Gasteiger partial charge in [-0.15, -0.1) is 0 Å². The van der Waals surface area contributed by atoms with E-state index in [9.17, 15) is 0 Å². The lowest BCUT2D eigenvalue weighted by molar-refractivity contribution is 0.581. The molecule has 2 aromatic rings. The van der Waals surface area contributed by atoms with Crippen LogP contribution in [0.2, 0.25) is 0 Å². The van der Waals surface area contributed by atoms with Crippen LogP contribution in [0.3, 0.4) is 0 Å². The number of hydrogen-bond acceptors (Lipinski definition) is 3. The second-order valence-corrected chi connectivity index (χ2v) is 5.58. The van der Waals surface area contributed by atoms with E-state index in [1.54, 1.807) is 0 Å². The van der Waals surface area contributed by atoms with Crippen LogP contribution in [-0.2, 0) is 7.05 Å². The molecule has 0 unspecified atom stereocenters. The molecule has 5 heteroatoms. The summed E-state index contributed by atoms with van der Waals surface area (Å²) >= 11 is 3.61. The SMILES string of the molecule is Cn1nc(N2CCNCC2)cc1-c1ccccc1Br. The van der Waals surface area contributed by atoms with Crippen LogP contribution in [-0.4, -0.2) is 36.0 Å². The van der Waals surface area contributed by atoms with E-state index < -0.39 is 0 Å². The van der Waals surface area contributed by atoms with Crippen molar-refractivity contribution in [3.05, 3.63) is 34.8 Å². The number of halogens is 1. The molecule has 1 aliphatic heterocycles. The molecule has 1 saturated heterocycles. The van der Waals surface area contributed by atoms with Crippen molar-refractivity contribution in [3.8, 4) is 11.3 Å². The number of benzene rings is 1. The Balaban J connectivity index is 1.95. The maximum Gasteiger partial charge on any atom is 0.151 e. The van der Waals surface area contributed by atoms with Crippen LogP contribution in [0.25, 0.3) is 11.3 Å². The zero-order chi connectivity index (χ0) is 13.2. The van der Waals surface area contributed by atoms with Crippen LogP contribution in [0.15, 0.2) is 34.8 Å². The summed E-state index contributed by atoms with van der Waals surface area (Å²) < 4.78 is 3.06. The van der Waals surface area contributed by atoms with Crippen molar-refractivity contribution in [2.24, 2.45) is 7.05 Å². The van der Waals surface area contributed by atoms with Gasteiger partial charge in [-0.05, 0) is 6.07 Å². The van der Waals surface area contributed by atoms with Gasteiger partial charge in [-0.1, -0.05) is 34.1 Å². The standard InChI is InChI=1S/C14H17BrN4/c1-18-13(11-4-2-3-5-12(11)15)10-14(17-18)19-8-6-16-7-9-19/h2-5,10,16H,6-9H2,1H3. The smallest absolute Gasteiger partial charge is 0.151 e. The average Bonchev–Trinajstić information content (AvgIpc) is 2.82. The van der Waals surface area contributed by atoms with Gasteiger partial charge < -0.3 is 10.2 Å². The average molecular weight is 321 g/mol. The number of rotatable bonds is 2. The van der Waals surface area contributed by atoms with Gasteiger partial charge in [-0.3, -0.25) is 4.68 Å². The molecule has 1 N–H and O–H groups in total. The fourth-order valence-electron chi connectivity index (χ4n) is 2.42. The Morgan fingerprint density at radius 2 is 1.95 bits per heavy atom. The molecule has 1 aromatic carbocycles. The van der Waals surface area contributed by atoms with E-state index in [4.69, 9.17) is 0 Å². The highest BCUT2D eigenvalue weighted by molar-refractivity contribution is 9.10. The molecule has 0 amide bonds. The van der Waals surface area contributed by atoms with E-state index in [0.29, 0.717) is 0 Å². The summed E-state index contributed by atoms with van der Waals surface area (Å²) in [6.45, 7) is 4.10. The van der Waals surface area contributed by atoms with E-state index in [2.05, 4.69) is 55.5 Å². The van der Waals surface area contributed by atoms with Gasteiger partial charge in [-0.25, -0.2) is 0 Å². The zero-order valence-corrected chi connectivity index (χ0v) is 12.5. The zero-order valence-electron chi connectivity index (χ0n) is 10.9. The largest absolute Gasteiger partial charge is 0.353 e. The minimum atomic E-state index is 1.02. The van der Waals surface area contributed by atoms with Crippen LogP contribution in [0.5, 0.6) is 0 Å². The molecule has 0 spiro atoms. The van der Waals surface area contributed by atoms with Gasteiger partial charge in [0, 0.05) is 49.3 Å². The molecule has 4 nitrogen and oxygen atoms in total. The number of nitrogens with zero attached hydrogens (tertiary/aromatic N) is 3. The minimum Gasteiger partial charge on any atom is -0.353 e. The first-order valence-electron chi connectivity index (χ1n) is 6.50. The van der Waals surface area contributed by atoms with Crippen molar-refractivity contribution < 1.29 is 0 Å². The molecule has 19 heavy (non-hydrogen) atoms. The Morgan fingerprint density at radius 1 is 1.21 bits per heavy atom. The van der Waals surface area contributed by atoms with Crippen molar-refractivity contribution >= 4 is 21.7 Å². The highest BCUT2D eigenvalue weighted by Gasteiger charge is 2.16. The van der Waals surface area contributed by atoms with Gasteiger partial charge in [-0.2, -0.15) is 5.10 Å². The van der Waals surface area contributed by atoms with Gasteiger partial charge in [0.2, 0.25) is 0 Å². The molecule has 3 rings (SSSR count). The lowest BCUT2D eigenvalue weighted by Gasteiger charge is -2.27. The van der Waals surface area contributed by atoms with E-state index in [1.807, 2.05) is 17.8 Å². The summed E-state index contributed by atoms with van der Waals surface area (Å²) in [6.07, 6.45) is 0. The van der Waals surface area contributed by atoms with Crippen LogP contribution >= 0.6 is 15.9 Å². The quantitative estimate of drug-likeness (QED) is 0.921. The molecule has 0 radical (unpaired) electrons. The third kappa shape index (κ3) is 2.53. The second-order valence-electron chi connectivity index (χ2n) is 4.73. The topological polar surface area (TPSA) is 33.1 Å². The first-order chi connectivity index (χ1) is 9.25. The monoisotopic (exact) mass is 320 g/mol. The van der Waals surface area contributed by atoms with Gasteiger partial charge >= 0.3 is 0 Å². The Bertz CT molecular complexity index is 573. The maximum atomic E-state index is 4.65. The molecule has 1 fully saturated rings. The molecular weight excluding hydrogens is 304 g/mol. The Labute approximate surface area is 121 Å². The van der Waals surface area contributed by atoms with Crippen molar-refractivity contribution in [3.63, 3.8) is 0 Å². The highest BCUT2D eigenvalue weighted by atomic mass is 79.9. The summed E-state index contributed by atoms with van der Waals surface area (Å²) in [7, 11) is 2.00. The molecular formula is C14H17BrN4. The Hall–Kier alpha value is -1.33. The summed E-state index contributed by atoms with van der Waals surface area (Å²) in [5.41, 5.74) is 2.32. The summed E-state index contributed by atoms with van der Waals surface area (Å²) in [5, 5.41) is 8.01. The number of piperazine rings is 1. The number of aryl methyl sites for hydroxylation is 1. The van der Waals surface area contributed by atoms with Crippen LogP contribution in [0.1, 0.15) is 0 Å². The van der Waals surface area contributed by atoms with E-state index in [1.165, 1.54) is 5.56 Å². The van der Waals surface area contributed by atoms with E-state index in [-0.39, 0.29) is 0 Å². The molecule has 1 aliphatic rings. The number of anilines is 1. The molecule has 0 saturated carbocycles. The predicted octanol–water partition coefficient (Wildman–Crippen LogP) is 2.26. The van der Waals surface area contributed by atoms with Gasteiger partial charge in [0.15, 0.2) is 5.82 Å². The summed E-state index contributed by atoms with van der Waals surface area (Å²) in [5.74, 6) is 1.06. The van der Waals surface area contributed by atoms with Crippen LogP contribution in [0.4, 0.5) is 5.82 Å². The first kappa shape index (κ1) is 12.7. The van der Waals surface area contributed by atoms with Crippen molar-refractivity contribution in [1.29, 1.82) is 0 Å². The molecule has 0 bridgehead atoms. The third-order valence-electron chi connectivity index (χ3n) is 3.46. The molecule has 0 aliphatic carbocycles. The predicted molar refractivity (Wildman–Crippen MR) is 81.4 cm³/mol. The second kappa shape index (κ2) is 5.35. The lowest BCUT2D eigenvalue weighted by Crippen LogP contribution is -2.43. The fourth-order valence-corrected chi connectivity index (χ4v) is 2.91. The fraction of sp³-hybridized carbons (Fsp3) is 0.357. The normalized spacial score (nSPS) is 15.8. The molecule has 1 aromatic heterocycles. The molecule has 2 heterocycles. The van der Waals surface area contributed by atoms with Crippen molar-refractivity contribution in [2.45, 2.75) is 0 Å². The van der Waals surface area contributed by atoms with Crippen LogP contribution in [0, 0.1) is 0 Å². The highest BCUT2D eigenvalue weighted by Crippen LogP contribution is 2.30. The summed E-state index contributed by atoms with van der Waals surface area (Å²) in [4.78, 5) is 2.33. The molecule has 100 valence electrons. The number of aromatic nitrogens is 2. The maximum absolute atomic E-state index is 4.65. The van der Waals surface area contributed by atoms with Gasteiger partial charge in [0.1, 0.15) is 0 Å². The van der Waals surface area contributed by atoms with E-state index in [0.717, 1.165) is 42.2 Å². The van der Waals surface area contributed by atoms with Crippen LogP contribution < -0.4 is 10.2 Å². The Kier molecular flexibility index (Phi) is 3.57. The lowest BCUT2D eigenvalue weighted by atomic mass is 10.1. The van der Waals surface area contributed by atoms with Gasteiger partial charge in [0.25, 0.3) is 0 Å². The third-order valence-corrected chi connectivity index (χ3v) is 4.15. The first-order valence-corrected chi connectivity index (χ1v) is 7.29. The Morgan fingerprint density at radius 3 is 2.68 bits per heavy atom. The molecule has 0 atom stereocenters. The van der Waals surface area contributed by atoms with E-state index >= 15 is 0 Å². The number of hydrogen-bond donors (Lipinski definition) is 1. The van der Waals surface area contributed by atoms with Crippen molar-refractivity contribution in [2.75, 3.05) is 31.1 Å². The van der Waals surface area contributed by atoms with Crippen molar-refractivity contribution in [1.82, 2.24) is 15.1 Å².